The van der Waals surface area contributed by atoms with Crippen LogP contribution in [0.2, 0.25) is 0 Å². The molecular formula is C16H18N2O2. The Morgan fingerprint density at radius 1 is 1.20 bits per heavy atom. The maximum Gasteiger partial charge on any atom is 0.247 e. The third-order valence-electron chi connectivity index (χ3n) is 3.72. The molecule has 4 heteroatoms. The number of benzene rings is 1. The van der Waals surface area contributed by atoms with Gasteiger partial charge >= 0.3 is 0 Å². The maximum absolute atomic E-state index is 12.4. The summed E-state index contributed by atoms with van der Waals surface area (Å²) in [6.07, 6.45) is 3.00. The minimum absolute atomic E-state index is 0.347. The highest BCUT2D eigenvalue weighted by Crippen LogP contribution is 2.18. The summed E-state index contributed by atoms with van der Waals surface area (Å²) in [5, 5.41) is 9.23. The number of ketones is 1. The first-order chi connectivity index (χ1) is 9.65. The molecule has 1 aliphatic heterocycles. The summed E-state index contributed by atoms with van der Waals surface area (Å²) in [5.74, 6) is -1.95. The number of carbonyl (C=O) groups excluding carboxylic acids is 2. The van der Waals surface area contributed by atoms with E-state index in [2.05, 4.69) is 0 Å². The van der Waals surface area contributed by atoms with E-state index in [-0.39, 0.29) is 11.7 Å². The fraction of sp³-hybridized carbons (Fsp3) is 0.438. The summed E-state index contributed by atoms with van der Waals surface area (Å²) >= 11 is 0. The van der Waals surface area contributed by atoms with E-state index in [0.717, 1.165) is 24.8 Å². The second-order valence-electron chi connectivity index (χ2n) is 5.13. The topological polar surface area (TPSA) is 61.2 Å². The highest BCUT2D eigenvalue weighted by Gasteiger charge is 2.32. The number of hydrogen-bond acceptors (Lipinski definition) is 3. The molecule has 0 radical (unpaired) electrons. The highest BCUT2D eigenvalue weighted by atomic mass is 16.2. The lowest BCUT2D eigenvalue weighted by molar-refractivity contribution is -0.133. The number of amides is 1. The molecule has 104 valence electrons. The van der Waals surface area contributed by atoms with Crippen molar-refractivity contribution < 1.29 is 9.59 Å². The van der Waals surface area contributed by atoms with E-state index in [1.165, 1.54) is 0 Å². The van der Waals surface area contributed by atoms with Gasteiger partial charge in [0.2, 0.25) is 5.91 Å². The quantitative estimate of drug-likeness (QED) is 0.625. The Balaban J connectivity index is 2.20. The molecule has 1 aliphatic rings. The van der Waals surface area contributed by atoms with E-state index in [1.54, 1.807) is 17.0 Å². The Kier molecular flexibility index (Phi) is 4.52. The Bertz CT molecular complexity index is 554. The van der Waals surface area contributed by atoms with Gasteiger partial charge in [0.15, 0.2) is 11.7 Å². The fourth-order valence-electron chi connectivity index (χ4n) is 2.53. The summed E-state index contributed by atoms with van der Waals surface area (Å²) in [5.41, 5.74) is 1.26. The number of nitriles is 1. The zero-order chi connectivity index (χ0) is 14.5. The van der Waals surface area contributed by atoms with Gasteiger partial charge in [0.25, 0.3) is 0 Å². The normalized spacial score (nSPS) is 16.3. The van der Waals surface area contributed by atoms with Crippen LogP contribution in [0.25, 0.3) is 0 Å². The van der Waals surface area contributed by atoms with Crippen molar-refractivity contribution in [2.45, 2.75) is 26.2 Å². The highest BCUT2D eigenvalue weighted by molar-refractivity contribution is 6.12. The van der Waals surface area contributed by atoms with Crippen LogP contribution in [0.3, 0.4) is 0 Å². The number of piperidine rings is 1. The van der Waals surface area contributed by atoms with Gasteiger partial charge in [-0.05, 0) is 31.7 Å². The van der Waals surface area contributed by atoms with Crippen molar-refractivity contribution in [1.82, 2.24) is 4.90 Å². The lowest BCUT2D eigenvalue weighted by atomic mass is 9.94. The Labute approximate surface area is 119 Å². The van der Waals surface area contributed by atoms with Crippen LogP contribution >= 0.6 is 0 Å². The van der Waals surface area contributed by atoms with Crippen molar-refractivity contribution in [1.29, 1.82) is 5.26 Å². The van der Waals surface area contributed by atoms with Crippen LogP contribution in [0.4, 0.5) is 0 Å². The molecule has 0 bridgehead atoms. The minimum atomic E-state index is -1.21. The molecule has 2 rings (SSSR count). The number of nitrogens with zero attached hydrogens (tertiary/aromatic N) is 2. The maximum atomic E-state index is 12.4. The molecule has 0 spiro atoms. The van der Waals surface area contributed by atoms with Crippen molar-refractivity contribution in [3.8, 4) is 6.07 Å². The Morgan fingerprint density at radius 3 is 2.45 bits per heavy atom. The average molecular weight is 270 g/mol. The molecule has 1 fully saturated rings. The fourth-order valence-corrected chi connectivity index (χ4v) is 2.53. The third-order valence-corrected chi connectivity index (χ3v) is 3.72. The largest absolute Gasteiger partial charge is 0.341 e. The van der Waals surface area contributed by atoms with E-state index < -0.39 is 5.92 Å². The predicted molar refractivity (Wildman–Crippen MR) is 75.0 cm³/mol. The molecule has 1 amide bonds. The van der Waals surface area contributed by atoms with E-state index in [1.807, 2.05) is 25.1 Å². The van der Waals surface area contributed by atoms with Gasteiger partial charge < -0.3 is 4.90 Å². The second-order valence-corrected chi connectivity index (χ2v) is 5.13. The zero-order valence-corrected chi connectivity index (χ0v) is 11.6. The Hall–Kier alpha value is -2.15. The first-order valence-electron chi connectivity index (χ1n) is 6.93. The summed E-state index contributed by atoms with van der Waals surface area (Å²) < 4.78 is 0. The number of rotatable bonds is 3. The van der Waals surface area contributed by atoms with Gasteiger partial charge in [-0.3, -0.25) is 9.59 Å². The molecular weight excluding hydrogens is 252 g/mol. The van der Waals surface area contributed by atoms with Gasteiger partial charge in [-0.25, -0.2) is 0 Å². The van der Waals surface area contributed by atoms with Gasteiger partial charge in [0.1, 0.15) is 0 Å². The lowest BCUT2D eigenvalue weighted by Gasteiger charge is -2.28. The van der Waals surface area contributed by atoms with Crippen LogP contribution in [-0.4, -0.2) is 29.7 Å². The van der Waals surface area contributed by atoms with Crippen LogP contribution in [0.5, 0.6) is 0 Å². The van der Waals surface area contributed by atoms with Crippen LogP contribution < -0.4 is 0 Å². The van der Waals surface area contributed by atoms with Crippen LogP contribution in [-0.2, 0) is 4.79 Å². The molecule has 1 aromatic carbocycles. The van der Waals surface area contributed by atoms with Crippen LogP contribution in [0.15, 0.2) is 24.3 Å². The van der Waals surface area contributed by atoms with Gasteiger partial charge in [-0.1, -0.05) is 24.3 Å². The lowest BCUT2D eigenvalue weighted by Crippen LogP contribution is -2.41. The summed E-state index contributed by atoms with van der Waals surface area (Å²) in [4.78, 5) is 26.4. The van der Waals surface area contributed by atoms with E-state index in [4.69, 9.17) is 0 Å². The summed E-state index contributed by atoms with van der Waals surface area (Å²) in [7, 11) is 0. The molecule has 1 aromatic rings. The Morgan fingerprint density at radius 2 is 1.85 bits per heavy atom. The summed E-state index contributed by atoms with van der Waals surface area (Å²) in [6, 6.07) is 8.95. The smallest absolute Gasteiger partial charge is 0.247 e. The second kappa shape index (κ2) is 6.33. The number of aryl methyl sites for hydroxylation is 1. The number of hydrogen-bond donors (Lipinski definition) is 0. The van der Waals surface area contributed by atoms with Crippen LogP contribution in [0.1, 0.15) is 35.2 Å². The average Bonchev–Trinajstić information content (AvgIpc) is 2.49. The number of likely N-dealkylation sites (tertiary alicyclic amines) is 1. The van der Waals surface area contributed by atoms with Crippen molar-refractivity contribution >= 4 is 11.7 Å². The molecule has 1 saturated heterocycles. The first kappa shape index (κ1) is 14.3. The molecule has 1 heterocycles. The molecule has 0 saturated carbocycles. The zero-order valence-electron chi connectivity index (χ0n) is 11.6. The monoisotopic (exact) mass is 270 g/mol. The molecule has 0 unspecified atom stereocenters. The van der Waals surface area contributed by atoms with Crippen molar-refractivity contribution in [3.05, 3.63) is 35.4 Å². The molecule has 0 aromatic heterocycles. The molecule has 1 atom stereocenters. The van der Waals surface area contributed by atoms with Crippen molar-refractivity contribution in [2.75, 3.05) is 13.1 Å². The van der Waals surface area contributed by atoms with E-state index >= 15 is 0 Å². The van der Waals surface area contributed by atoms with Gasteiger partial charge in [0.05, 0.1) is 6.07 Å². The number of carbonyl (C=O) groups is 2. The van der Waals surface area contributed by atoms with Crippen molar-refractivity contribution in [2.24, 2.45) is 5.92 Å². The van der Waals surface area contributed by atoms with E-state index in [9.17, 15) is 14.9 Å². The third kappa shape index (κ3) is 2.88. The molecule has 20 heavy (non-hydrogen) atoms. The standard InChI is InChI=1S/C16H18N2O2/c1-12-7-3-4-8-13(12)15(19)14(11-17)16(20)18-9-5-2-6-10-18/h3-4,7-8,14H,2,5-6,9-10H2,1H3/t14-/m1/s1. The molecule has 0 N–H and O–H groups in total. The molecule has 0 aliphatic carbocycles. The predicted octanol–water partition coefficient (Wildman–Crippen LogP) is 2.33. The summed E-state index contributed by atoms with van der Waals surface area (Å²) in [6.45, 7) is 3.11. The van der Waals surface area contributed by atoms with Gasteiger partial charge in [-0.2, -0.15) is 5.26 Å². The SMILES string of the molecule is Cc1ccccc1C(=O)[C@@H](C#N)C(=O)N1CCCCC1. The minimum Gasteiger partial charge on any atom is -0.341 e. The van der Waals surface area contributed by atoms with Gasteiger partial charge in [-0.15, -0.1) is 0 Å². The molecule has 4 nitrogen and oxygen atoms in total. The van der Waals surface area contributed by atoms with E-state index in [0.29, 0.717) is 18.7 Å². The number of Topliss-reactive ketones (excluding diaryl/α,β-unsaturated/α-hetero) is 1. The van der Waals surface area contributed by atoms with Crippen molar-refractivity contribution in [3.63, 3.8) is 0 Å². The van der Waals surface area contributed by atoms with Crippen LogP contribution in [0, 0.1) is 24.2 Å². The first-order valence-corrected chi connectivity index (χ1v) is 6.93. The van der Waals surface area contributed by atoms with Gasteiger partial charge in [0, 0.05) is 18.7 Å².